The van der Waals surface area contributed by atoms with Crippen molar-refractivity contribution in [3.8, 4) is 0 Å². The molecule has 0 spiro atoms. The van der Waals surface area contributed by atoms with Crippen molar-refractivity contribution in [3.63, 3.8) is 0 Å². The maximum Gasteiger partial charge on any atom is 0.142 e. The van der Waals surface area contributed by atoms with Crippen molar-refractivity contribution >= 4 is 0 Å². The van der Waals surface area contributed by atoms with E-state index in [4.69, 9.17) is 15.0 Å². The molecule has 1 saturated heterocycles. The fraction of sp³-hybridized carbons (Fsp3) is 0.727. The van der Waals surface area contributed by atoms with Gasteiger partial charge in [-0.15, -0.1) is 0 Å². The molecular formula is C11H18N2O2. The molecule has 0 aromatic carbocycles. The Labute approximate surface area is 89.8 Å². The fourth-order valence-corrected chi connectivity index (χ4v) is 1.58. The average Bonchev–Trinajstić information content (AvgIpc) is 2.49. The molecule has 2 heterocycles. The van der Waals surface area contributed by atoms with Crippen LogP contribution in [-0.2, 0) is 16.6 Å². The molecular weight excluding hydrogens is 192 g/mol. The number of rotatable bonds is 2. The van der Waals surface area contributed by atoms with Crippen molar-refractivity contribution in [2.24, 2.45) is 5.73 Å². The van der Waals surface area contributed by atoms with Gasteiger partial charge in [-0.05, 0) is 0 Å². The highest BCUT2D eigenvalue weighted by molar-refractivity contribution is 5.16. The lowest BCUT2D eigenvalue weighted by Gasteiger charge is -2.37. The summed E-state index contributed by atoms with van der Waals surface area (Å²) in [6, 6.07) is 1.99. The van der Waals surface area contributed by atoms with Crippen LogP contribution in [0.4, 0.5) is 0 Å². The van der Waals surface area contributed by atoms with Gasteiger partial charge in [-0.25, -0.2) is 0 Å². The van der Waals surface area contributed by atoms with Crippen molar-refractivity contribution in [1.29, 1.82) is 0 Å². The second-order valence-electron chi connectivity index (χ2n) is 5.46. The van der Waals surface area contributed by atoms with Gasteiger partial charge < -0.3 is 15.0 Å². The highest BCUT2D eigenvalue weighted by Gasteiger charge is 2.35. The molecule has 1 aliphatic rings. The van der Waals surface area contributed by atoms with Crippen LogP contribution in [0.2, 0.25) is 0 Å². The maximum atomic E-state index is 6.05. The average molecular weight is 210 g/mol. The lowest BCUT2D eigenvalue weighted by atomic mass is 9.90. The Balaban J connectivity index is 2.07. The number of hydrogen-bond acceptors (Lipinski definition) is 4. The van der Waals surface area contributed by atoms with Gasteiger partial charge in [0.1, 0.15) is 5.76 Å². The van der Waals surface area contributed by atoms with E-state index in [1.54, 1.807) is 0 Å². The standard InChI is InChI=1S/C11H18N2O2/c1-10(2,3)9-4-8(13-15-9)5-11(12)6-14-7-11/h4H,5-7,12H2,1-3H3. The summed E-state index contributed by atoms with van der Waals surface area (Å²) in [6.45, 7) is 7.53. The Hall–Kier alpha value is -0.870. The molecule has 0 radical (unpaired) electrons. The second kappa shape index (κ2) is 3.32. The molecule has 84 valence electrons. The molecule has 4 heteroatoms. The van der Waals surface area contributed by atoms with Gasteiger partial charge in [-0.1, -0.05) is 25.9 Å². The first-order valence-corrected chi connectivity index (χ1v) is 5.22. The Morgan fingerprint density at radius 1 is 1.47 bits per heavy atom. The first kappa shape index (κ1) is 10.6. The first-order chi connectivity index (χ1) is 6.89. The number of hydrogen-bond donors (Lipinski definition) is 1. The summed E-state index contributed by atoms with van der Waals surface area (Å²) in [5, 5.41) is 4.04. The van der Waals surface area contributed by atoms with E-state index in [9.17, 15) is 0 Å². The van der Waals surface area contributed by atoms with Crippen molar-refractivity contribution in [3.05, 3.63) is 17.5 Å². The Morgan fingerprint density at radius 2 is 2.13 bits per heavy atom. The summed E-state index contributed by atoms with van der Waals surface area (Å²) in [5.41, 5.74) is 6.74. The molecule has 1 aromatic rings. The predicted molar refractivity (Wildman–Crippen MR) is 56.6 cm³/mol. The van der Waals surface area contributed by atoms with E-state index in [0.29, 0.717) is 13.2 Å². The zero-order valence-electron chi connectivity index (χ0n) is 9.54. The topological polar surface area (TPSA) is 61.3 Å². The zero-order chi connectivity index (χ0) is 11.1. The number of nitrogens with zero attached hydrogens (tertiary/aromatic N) is 1. The normalized spacial score (nSPS) is 20.0. The van der Waals surface area contributed by atoms with Crippen molar-refractivity contribution in [2.75, 3.05) is 13.2 Å². The van der Waals surface area contributed by atoms with Crippen LogP contribution in [-0.4, -0.2) is 23.9 Å². The number of nitrogens with two attached hydrogens (primary N) is 1. The van der Waals surface area contributed by atoms with E-state index < -0.39 is 0 Å². The minimum absolute atomic E-state index is 0.00310. The molecule has 0 amide bonds. The summed E-state index contributed by atoms with van der Waals surface area (Å²) in [6.07, 6.45) is 0.729. The van der Waals surface area contributed by atoms with Crippen molar-refractivity contribution < 1.29 is 9.26 Å². The monoisotopic (exact) mass is 210 g/mol. The Bertz CT molecular complexity index is 348. The second-order valence-corrected chi connectivity index (χ2v) is 5.46. The van der Waals surface area contributed by atoms with Gasteiger partial charge in [-0.3, -0.25) is 0 Å². The Morgan fingerprint density at radius 3 is 2.53 bits per heavy atom. The third-order valence-electron chi connectivity index (χ3n) is 2.61. The van der Waals surface area contributed by atoms with Gasteiger partial charge in [0, 0.05) is 17.9 Å². The van der Waals surface area contributed by atoms with Gasteiger partial charge in [0.2, 0.25) is 0 Å². The molecule has 0 bridgehead atoms. The molecule has 0 saturated carbocycles. The minimum atomic E-state index is -0.230. The van der Waals surface area contributed by atoms with E-state index in [0.717, 1.165) is 17.9 Å². The lowest BCUT2D eigenvalue weighted by Crippen LogP contribution is -2.58. The molecule has 0 unspecified atom stereocenters. The van der Waals surface area contributed by atoms with Crippen LogP contribution in [0.1, 0.15) is 32.2 Å². The van der Waals surface area contributed by atoms with Crippen LogP contribution in [0.15, 0.2) is 10.6 Å². The highest BCUT2D eigenvalue weighted by atomic mass is 16.5. The lowest BCUT2D eigenvalue weighted by molar-refractivity contribution is -0.0535. The molecule has 1 aromatic heterocycles. The van der Waals surface area contributed by atoms with E-state index in [-0.39, 0.29) is 11.0 Å². The molecule has 2 rings (SSSR count). The molecule has 1 aliphatic heterocycles. The third kappa shape index (κ3) is 2.21. The van der Waals surface area contributed by atoms with Crippen LogP contribution < -0.4 is 5.73 Å². The molecule has 1 fully saturated rings. The van der Waals surface area contributed by atoms with Crippen LogP contribution in [0.25, 0.3) is 0 Å². The quantitative estimate of drug-likeness (QED) is 0.797. The number of aromatic nitrogens is 1. The molecule has 4 nitrogen and oxygen atoms in total. The SMILES string of the molecule is CC(C)(C)c1cc(CC2(N)COC2)no1. The summed E-state index contributed by atoms with van der Waals surface area (Å²) in [4.78, 5) is 0. The Kier molecular flexibility index (Phi) is 2.35. The van der Waals surface area contributed by atoms with E-state index in [2.05, 4.69) is 25.9 Å². The summed E-state index contributed by atoms with van der Waals surface area (Å²) in [5.74, 6) is 0.904. The van der Waals surface area contributed by atoms with Crippen molar-refractivity contribution in [2.45, 2.75) is 38.1 Å². The van der Waals surface area contributed by atoms with Gasteiger partial charge >= 0.3 is 0 Å². The first-order valence-electron chi connectivity index (χ1n) is 5.22. The maximum absolute atomic E-state index is 6.05. The van der Waals surface area contributed by atoms with Gasteiger partial charge in [-0.2, -0.15) is 0 Å². The van der Waals surface area contributed by atoms with Crippen LogP contribution in [0, 0.1) is 0 Å². The van der Waals surface area contributed by atoms with Crippen LogP contribution in [0.3, 0.4) is 0 Å². The van der Waals surface area contributed by atoms with E-state index in [1.807, 2.05) is 6.07 Å². The summed E-state index contributed by atoms with van der Waals surface area (Å²) < 4.78 is 10.4. The summed E-state index contributed by atoms with van der Waals surface area (Å²) in [7, 11) is 0. The molecule has 2 N–H and O–H groups in total. The largest absolute Gasteiger partial charge is 0.377 e. The van der Waals surface area contributed by atoms with Crippen molar-refractivity contribution in [1.82, 2.24) is 5.16 Å². The molecule has 0 aliphatic carbocycles. The minimum Gasteiger partial charge on any atom is -0.377 e. The third-order valence-corrected chi connectivity index (χ3v) is 2.61. The van der Waals surface area contributed by atoms with Gasteiger partial charge in [0.25, 0.3) is 0 Å². The summed E-state index contributed by atoms with van der Waals surface area (Å²) >= 11 is 0. The molecule has 15 heavy (non-hydrogen) atoms. The van der Waals surface area contributed by atoms with Gasteiger partial charge in [0.15, 0.2) is 0 Å². The smallest absolute Gasteiger partial charge is 0.142 e. The zero-order valence-corrected chi connectivity index (χ0v) is 9.54. The van der Waals surface area contributed by atoms with E-state index >= 15 is 0 Å². The number of ether oxygens (including phenoxy) is 1. The predicted octanol–water partition coefficient (Wildman–Crippen LogP) is 1.24. The van der Waals surface area contributed by atoms with Gasteiger partial charge in [0.05, 0.1) is 24.4 Å². The van der Waals surface area contributed by atoms with Crippen LogP contribution >= 0.6 is 0 Å². The highest BCUT2D eigenvalue weighted by Crippen LogP contribution is 2.25. The van der Waals surface area contributed by atoms with Crippen LogP contribution in [0.5, 0.6) is 0 Å². The molecule has 0 atom stereocenters. The van der Waals surface area contributed by atoms with E-state index in [1.165, 1.54) is 0 Å². The fourth-order valence-electron chi connectivity index (χ4n) is 1.58.